The molecular formula is C25H34ClN3O4S. The number of sulfonamides is 1. The fourth-order valence-electron chi connectivity index (χ4n) is 3.59. The Morgan fingerprint density at radius 2 is 1.71 bits per heavy atom. The van der Waals surface area contributed by atoms with Gasteiger partial charge in [0.25, 0.3) is 0 Å². The summed E-state index contributed by atoms with van der Waals surface area (Å²) in [5.41, 5.74) is 2.22. The first-order chi connectivity index (χ1) is 16.0. The molecule has 0 spiro atoms. The molecule has 34 heavy (non-hydrogen) atoms. The fourth-order valence-corrected chi connectivity index (χ4v) is 4.56. The summed E-state index contributed by atoms with van der Waals surface area (Å²) in [6.45, 7) is 7.42. The maximum Gasteiger partial charge on any atom is 0.244 e. The molecule has 0 aliphatic carbocycles. The van der Waals surface area contributed by atoms with Gasteiger partial charge in [-0.05, 0) is 56.5 Å². The van der Waals surface area contributed by atoms with Crippen LogP contribution in [0.4, 0.5) is 5.69 Å². The molecule has 0 aromatic heterocycles. The number of amides is 2. The smallest absolute Gasteiger partial charge is 0.244 e. The minimum atomic E-state index is -3.77. The highest BCUT2D eigenvalue weighted by Gasteiger charge is 2.32. The zero-order valence-corrected chi connectivity index (χ0v) is 22.0. The lowest BCUT2D eigenvalue weighted by Gasteiger charge is -2.33. The molecule has 0 unspecified atom stereocenters. The summed E-state index contributed by atoms with van der Waals surface area (Å²) in [6.07, 6.45) is 2.19. The van der Waals surface area contributed by atoms with E-state index in [9.17, 15) is 18.0 Å². The van der Waals surface area contributed by atoms with Crippen molar-refractivity contribution < 1.29 is 18.0 Å². The summed E-state index contributed by atoms with van der Waals surface area (Å²) in [4.78, 5) is 28.2. The fraction of sp³-hybridized carbons (Fsp3) is 0.440. The largest absolute Gasteiger partial charge is 0.352 e. The van der Waals surface area contributed by atoms with Gasteiger partial charge in [-0.3, -0.25) is 13.9 Å². The lowest BCUT2D eigenvalue weighted by atomic mass is 10.1. The van der Waals surface area contributed by atoms with Gasteiger partial charge in [-0.25, -0.2) is 8.42 Å². The van der Waals surface area contributed by atoms with Crippen molar-refractivity contribution in [2.45, 2.75) is 59.2 Å². The van der Waals surface area contributed by atoms with Gasteiger partial charge in [-0.2, -0.15) is 0 Å². The van der Waals surface area contributed by atoms with Gasteiger partial charge < -0.3 is 10.2 Å². The van der Waals surface area contributed by atoms with E-state index < -0.39 is 28.5 Å². The van der Waals surface area contributed by atoms with Crippen LogP contribution in [0.2, 0.25) is 5.02 Å². The van der Waals surface area contributed by atoms with Crippen molar-refractivity contribution in [3.8, 4) is 0 Å². The molecule has 0 bridgehead atoms. The van der Waals surface area contributed by atoms with Crippen LogP contribution in [0.15, 0.2) is 48.5 Å². The van der Waals surface area contributed by atoms with E-state index >= 15 is 0 Å². The Hall–Kier alpha value is -2.58. The Morgan fingerprint density at radius 1 is 1.06 bits per heavy atom. The van der Waals surface area contributed by atoms with Gasteiger partial charge in [-0.1, -0.05) is 55.3 Å². The topological polar surface area (TPSA) is 86.8 Å². The second-order valence-corrected chi connectivity index (χ2v) is 10.8. The van der Waals surface area contributed by atoms with Crippen LogP contribution in [0.25, 0.3) is 0 Å². The first-order valence-corrected chi connectivity index (χ1v) is 13.6. The van der Waals surface area contributed by atoms with E-state index in [0.717, 1.165) is 28.1 Å². The second kappa shape index (κ2) is 12.2. The summed E-state index contributed by atoms with van der Waals surface area (Å²) >= 11 is 5.95. The van der Waals surface area contributed by atoms with Crippen molar-refractivity contribution in [2.24, 2.45) is 0 Å². The predicted molar refractivity (Wildman–Crippen MR) is 137 cm³/mol. The van der Waals surface area contributed by atoms with Gasteiger partial charge in [0.15, 0.2) is 0 Å². The zero-order chi connectivity index (χ0) is 25.5. The molecule has 0 fully saturated rings. The maximum absolute atomic E-state index is 13.6. The number of anilines is 1. The number of carbonyl (C=O) groups is 2. The monoisotopic (exact) mass is 507 g/mol. The normalized spacial score (nSPS) is 13.1. The molecule has 9 heteroatoms. The molecule has 2 aromatic carbocycles. The van der Waals surface area contributed by atoms with E-state index in [0.29, 0.717) is 17.1 Å². The highest BCUT2D eigenvalue weighted by Crippen LogP contribution is 2.22. The van der Waals surface area contributed by atoms with Crippen molar-refractivity contribution in [1.82, 2.24) is 10.2 Å². The SMILES string of the molecule is CC[C@H](C(=O)N[C@@H](C)CC)N(Cc1cccc(C)c1)C(=O)CN(c1ccc(Cl)cc1)S(C)(=O)=O. The average Bonchev–Trinajstić information content (AvgIpc) is 2.77. The van der Waals surface area contributed by atoms with E-state index in [1.165, 1.54) is 4.90 Å². The number of rotatable bonds is 11. The van der Waals surface area contributed by atoms with Crippen LogP contribution in [0, 0.1) is 6.92 Å². The number of nitrogens with zero attached hydrogens (tertiary/aromatic N) is 2. The number of benzene rings is 2. The Bertz CT molecular complexity index is 1090. The lowest BCUT2D eigenvalue weighted by molar-refractivity contribution is -0.140. The molecule has 2 aromatic rings. The summed E-state index contributed by atoms with van der Waals surface area (Å²) in [5, 5.41) is 3.41. The van der Waals surface area contributed by atoms with Crippen LogP contribution in [-0.4, -0.2) is 50.0 Å². The van der Waals surface area contributed by atoms with Gasteiger partial charge >= 0.3 is 0 Å². The number of nitrogens with one attached hydrogen (secondary N) is 1. The van der Waals surface area contributed by atoms with Gasteiger partial charge in [0, 0.05) is 17.6 Å². The third-order valence-corrected chi connectivity index (χ3v) is 7.01. The number of hydrogen-bond acceptors (Lipinski definition) is 4. The molecule has 1 N–H and O–H groups in total. The molecule has 0 saturated heterocycles. The molecular weight excluding hydrogens is 474 g/mol. The summed E-state index contributed by atoms with van der Waals surface area (Å²) < 4.78 is 26.2. The minimum absolute atomic E-state index is 0.0425. The van der Waals surface area contributed by atoms with Crippen LogP contribution in [-0.2, 0) is 26.2 Å². The van der Waals surface area contributed by atoms with Crippen LogP contribution >= 0.6 is 11.6 Å². The first-order valence-electron chi connectivity index (χ1n) is 11.3. The molecule has 0 heterocycles. The Morgan fingerprint density at radius 3 is 2.24 bits per heavy atom. The molecule has 7 nitrogen and oxygen atoms in total. The van der Waals surface area contributed by atoms with Crippen LogP contribution in [0.3, 0.4) is 0 Å². The van der Waals surface area contributed by atoms with E-state index in [4.69, 9.17) is 11.6 Å². The molecule has 0 aliphatic rings. The maximum atomic E-state index is 13.6. The standard InChI is InChI=1S/C25H34ClN3O4S/c1-6-19(4)27-25(31)23(7-2)28(16-20-10-8-9-18(3)15-20)24(30)17-29(34(5,32)33)22-13-11-21(26)12-14-22/h8-15,19,23H,6-7,16-17H2,1-5H3,(H,27,31)/t19-,23+/m0/s1. The molecule has 2 atom stereocenters. The zero-order valence-electron chi connectivity index (χ0n) is 20.4. The quantitative estimate of drug-likeness (QED) is 0.495. The van der Waals surface area contributed by atoms with E-state index in [1.54, 1.807) is 24.3 Å². The lowest BCUT2D eigenvalue weighted by Crippen LogP contribution is -2.53. The Kier molecular flexibility index (Phi) is 9.94. The van der Waals surface area contributed by atoms with Crippen molar-refractivity contribution in [1.29, 1.82) is 0 Å². The van der Waals surface area contributed by atoms with Gasteiger partial charge in [-0.15, -0.1) is 0 Å². The molecule has 186 valence electrons. The Balaban J connectivity index is 2.43. The summed E-state index contributed by atoms with van der Waals surface area (Å²) in [5.74, 6) is -0.719. The van der Waals surface area contributed by atoms with Crippen molar-refractivity contribution in [3.63, 3.8) is 0 Å². The van der Waals surface area contributed by atoms with Crippen molar-refractivity contribution in [3.05, 3.63) is 64.7 Å². The second-order valence-electron chi connectivity index (χ2n) is 8.50. The minimum Gasteiger partial charge on any atom is -0.352 e. The average molecular weight is 508 g/mol. The molecule has 2 rings (SSSR count). The van der Waals surface area contributed by atoms with E-state index in [2.05, 4.69) is 5.32 Å². The highest BCUT2D eigenvalue weighted by molar-refractivity contribution is 7.92. The van der Waals surface area contributed by atoms with E-state index in [-0.39, 0.29) is 18.5 Å². The molecule has 0 aliphatic heterocycles. The van der Waals surface area contributed by atoms with Crippen molar-refractivity contribution >= 4 is 39.1 Å². The first kappa shape index (κ1) is 27.7. The van der Waals surface area contributed by atoms with Crippen LogP contribution in [0.5, 0.6) is 0 Å². The number of aryl methyl sites for hydroxylation is 1. The van der Waals surface area contributed by atoms with Gasteiger partial charge in [0.2, 0.25) is 21.8 Å². The Labute approximate surface area is 208 Å². The van der Waals surface area contributed by atoms with Crippen molar-refractivity contribution in [2.75, 3.05) is 17.1 Å². The third-order valence-electron chi connectivity index (χ3n) is 5.62. The van der Waals surface area contributed by atoms with E-state index in [1.807, 2.05) is 52.0 Å². The van der Waals surface area contributed by atoms with Gasteiger partial charge in [0.1, 0.15) is 12.6 Å². The number of halogens is 1. The molecule has 0 saturated carbocycles. The number of carbonyl (C=O) groups excluding carboxylic acids is 2. The van der Waals surface area contributed by atoms with Crippen LogP contribution < -0.4 is 9.62 Å². The third kappa shape index (κ3) is 7.74. The molecule has 2 amide bonds. The molecule has 0 radical (unpaired) electrons. The predicted octanol–water partition coefficient (Wildman–Crippen LogP) is 4.14. The number of hydrogen-bond donors (Lipinski definition) is 1. The summed E-state index contributed by atoms with van der Waals surface area (Å²) in [7, 11) is -3.77. The summed E-state index contributed by atoms with van der Waals surface area (Å²) in [6, 6.07) is 13.1. The van der Waals surface area contributed by atoms with Gasteiger partial charge in [0.05, 0.1) is 11.9 Å². The van der Waals surface area contributed by atoms with Crippen LogP contribution in [0.1, 0.15) is 44.7 Å². The highest BCUT2D eigenvalue weighted by atomic mass is 35.5.